The molecule has 1 saturated heterocycles. The number of ether oxygens (including phenoxy) is 3. The van der Waals surface area contributed by atoms with Crippen LogP contribution in [0.1, 0.15) is 29.3 Å². The molecule has 1 aromatic heterocycles. The Kier molecular flexibility index (Phi) is 6.97. The van der Waals surface area contributed by atoms with E-state index in [4.69, 9.17) is 14.2 Å². The second kappa shape index (κ2) is 10.9. The van der Waals surface area contributed by atoms with Gasteiger partial charge in [0.1, 0.15) is 24.6 Å². The summed E-state index contributed by atoms with van der Waals surface area (Å²) in [6.45, 7) is 1.69. The molecule has 11 heteroatoms. The lowest BCUT2D eigenvalue weighted by atomic mass is 10.0. The van der Waals surface area contributed by atoms with Crippen LogP contribution in [0.15, 0.2) is 54.7 Å². The molecule has 3 aliphatic rings. The normalized spacial score (nSPS) is 21.6. The van der Waals surface area contributed by atoms with Crippen molar-refractivity contribution in [2.75, 3.05) is 36.5 Å². The average Bonchev–Trinajstić information content (AvgIpc) is 3.48. The number of cyclic esters (lactones) is 1. The van der Waals surface area contributed by atoms with E-state index in [9.17, 15) is 9.59 Å². The van der Waals surface area contributed by atoms with Gasteiger partial charge in [-0.25, -0.2) is 19.2 Å². The quantitative estimate of drug-likeness (QED) is 0.401. The molecule has 3 aromatic rings. The molecular formula is C28H28FN5O5. The van der Waals surface area contributed by atoms with Gasteiger partial charge in [0.2, 0.25) is 0 Å². The fourth-order valence-corrected chi connectivity index (χ4v) is 5.06. The lowest BCUT2D eigenvalue weighted by molar-refractivity contribution is -0.118. The van der Waals surface area contributed by atoms with Gasteiger partial charge < -0.3 is 24.8 Å². The SMILES string of the molecule is O=C1COc2ncc(N3CC(CCNCC4Cc5ccc(OCc6ccccc6)cc5C4F)OC3=O)nc2N1. The topological polar surface area (TPSA) is 115 Å². The zero-order chi connectivity index (χ0) is 26.8. The number of hydrogen-bond acceptors (Lipinski definition) is 8. The van der Waals surface area contributed by atoms with Gasteiger partial charge >= 0.3 is 6.09 Å². The zero-order valence-electron chi connectivity index (χ0n) is 21.1. The number of halogens is 1. The number of fused-ring (bicyclic) bond motifs is 2. The first-order valence-electron chi connectivity index (χ1n) is 13.0. The number of alkyl halides is 1. The van der Waals surface area contributed by atoms with Gasteiger partial charge in [-0.3, -0.25) is 9.69 Å². The summed E-state index contributed by atoms with van der Waals surface area (Å²) in [4.78, 5) is 33.7. The maximum Gasteiger partial charge on any atom is 0.415 e. The minimum atomic E-state index is -1.07. The number of carbonyl (C=O) groups is 2. The molecule has 2 amide bonds. The van der Waals surface area contributed by atoms with E-state index >= 15 is 4.39 Å². The molecule has 3 unspecified atom stereocenters. The molecule has 0 spiro atoms. The van der Waals surface area contributed by atoms with Gasteiger partial charge in [0, 0.05) is 12.5 Å². The van der Waals surface area contributed by atoms with E-state index in [0.717, 1.165) is 11.1 Å². The summed E-state index contributed by atoms with van der Waals surface area (Å²) in [6.07, 6.45) is 0.688. The molecule has 6 rings (SSSR count). The first-order valence-corrected chi connectivity index (χ1v) is 13.0. The number of aromatic nitrogens is 2. The molecule has 0 saturated carbocycles. The van der Waals surface area contributed by atoms with Crippen molar-refractivity contribution in [3.8, 4) is 11.6 Å². The number of anilines is 2. The minimum Gasteiger partial charge on any atom is -0.489 e. The van der Waals surface area contributed by atoms with Crippen LogP contribution in [0.5, 0.6) is 11.6 Å². The highest BCUT2D eigenvalue weighted by Crippen LogP contribution is 2.40. The lowest BCUT2D eigenvalue weighted by Gasteiger charge is -2.18. The van der Waals surface area contributed by atoms with Gasteiger partial charge in [-0.1, -0.05) is 36.4 Å². The van der Waals surface area contributed by atoms with E-state index in [-0.39, 0.29) is 42.1 Å². The zero-order valence-corrected chi connectivity index (χ0v) is 21.1. The maximum atomic E-state index is 15.3. The fraction of sp³-hybridized carbons (Fsp3) is 0.357. The number of nitrogens with zero attached hydrogens (tertiary/aromatic N) is 3. The van der Waals surface area contributed by atoms with Gasteiger partial charge in [0.15, 0.2) is 18.2 Å². The Morgan fingerprint density at radius 3 is 2.92 bits per heavy atom. The van der Waals surface area contributed by atoms with Gasteiger partial charge in [-0.2, -0.15) is 0 Å². The largest absolute Gasteiger partial charge is 0.489 e. The van der Waals surface area contributed by atoms with Gasteiger partial charge in [0.05, 0.1) is 12.7 Å². The van der Waals surface area contributed by atoms with Crippen molar-refractivity contribution in [3.05, 3.63) is 71.4 Å². The monoisotopic (exact) mass is 533 g/mol. The van der Waals surface area contributed by atoms with Crippen LogP contribution >= 0.6 is 0 Å². The Morgan fingerprint density at radius 2 is 2.05 bits per heavy atom. The van der Waals surface area contributed by atoms with Crippen molar-refractivity contribution in [2.24, 2.45) is 5.92 Å². The molecule has 10 nitrogen and oxygen atoms in total. The van der Waals surface area contributed by atoms with E-state index < -0.39 is 12.3 Å². The predicted molar refractivity (Wildman–Crippen MR) is 140 cm³/mol. The molecule has 2 aromatic carbocycles. The molecule has 1 fully saturated rings. The van der Waals surface area contributed by atoms with Crippen LogP contribution < -0.4 is 25.0 Å². The predicted octanol–water partition coefficient (Wildman–Crippen LogP) is 3.57. The highest BCUT2D eigenvalue weighted by molar-refractivity contribution is 5.94. The molecule has 3 heterocycles. The van der Waals surface area contributed by atoms with Gasteiger partial charge in [-0.05, 0) is 48.2 Å². The molecule has 0 bridgehead atoms. The second-order valence-corrected chi connectivity index (χ2v) is 9.83. The summed E-state index contributed by atoms with van der Waals surface area (Å²) in [5.74, 6) is 0.823. The number of amides is 2. The second-order valence-electron chi connectivity index (χ2n) is 9.83. The van der Waals surface area contributed by atoms with Crippen LogP contribution in [0.4, 0.5) is 20.8 Å². The Morgan fingerprint density at radius 1 is 1.18 bits per heavy atom. The summed E-state index contributed by atoms with van der Waals surface area (Å²) < 4.78 is 31.8. The van der Waals surface area contributed by atoms with E-state index in [0.29, 0.717) is 50.4 Å². The summed E-state index contributed by atoms with van der Waals surface area (Å²) in [6, 6.07) is 15.5. The summed E-state index contributed by atoms with van der Waals surface area (Å²) in [5, 5.41) is 5.90. The van der Waals surface area contributed by atoms with Crippen LogP contribution in [0.25, 0.3) is 0 Å². The number of carbonyl (C=O) groups excluding carboxylic acids is 2. The fourth-order valence-electron chi connectivity index (χ4n) is 5.06. The van der Waals surface area contributed by atoms with Crippen molar-refractivity contribution >= 4 is 23.6 Å². The van der Waals surface area contributed by atoms with E-state index in [1.165, 1.54) is 11.1 Å². The molecule has 202 valence electrons. The standard InChI is InChI=1S/C28H28FN5O5/c29-25-19(10-18-6-7-20(11-22(18)25)37-15-17-4-2-1-3-5-17)12-30-9-8-21-14-34(28(36)39-21)23-13-31-27-26(32-23)33-24(35)16-38-27/h1-7,11,13,19,21,25,30H,8-10,12,14-16H2,(H,32,33,35). The molecule has 2 aliphatic heterocycles. The molecule has 1 aliphatic carbocycles. The third kappa shape index (κ3) is 5.49. The number of rotatable bonds is 9. The van der Waals surface area contributed by atoms with Crippen molar-refractivity contribution in [1.29, 1.82) is 0 Å². The molecule has 39 heavy (non-hydrogen) atoms. The highest BCUT2D eigenvalue weighted by atomic mass is 19.1. The van der Waals surface area contributed by atoms with Crippen LogP contribution in [0.2, 0.25) is 0 Å². The number of hydrogen-bond donors (Lipinski definition) is 2. The van der Waals surface area contributed by atoms with E-state index in [2.05, 4.69) is 20.6 Å². The Labute approximate surface area is 224 Å². The average molecular weight is 534 g/mol. The van der Waals surface area contributed by atoms with Crippen molar-refractivity contribution in [1.82, 2.24) is 15.3 Å². The maximum absolute atomic E-state index is 15.3. The summed E-state index contributed by atoms with van der Waals surface area (Å²) >= 11 is 0. The molecular weight excluding hydrogens is 505 g/mol. The third-order valence-electron chi connectivity index (χ3n) is 7.08. The van der Waals surface area contributed by atoms with Gasteiger partial charge in [0.25, 0.3) is 11.8 Å². The first-order chi connectivity index (χ1) is 19.0. The van der Waals surface area contributed by atoms with Crippen molar-refractivity contribution in [3.63, 3.8) is 0 Å². The van der Waals surface area contributed by atoms with Crippen molar-refractivity contribution < 1.29 is 28.2 Å². The molecule has 2 N–H and O–H groups in total. The van der Waals surface area contributed by atoms with E-state index in [1.54, 1.807) is 0 Å². The van der Waals surface area contributed by atoms with Crippen molar-refractivity contribution in [2.45, 2.75) is 31.7 Å². The van der Waals surface area contributed by atoms with Crippen LogP contribution in [-0.4, -0.2) is 54.3 Å². The number of benzene rings is 2. The Bertz CT molecular complexity index is 1370. The van der Waals surface area contributed by atoms with Crippen LogP contribution in [0.3, 0.4) is 0 Å². The van der Waals surface area contributed by atoms with Crippen LogP contribution in [0, 0.1) is 5.92 Å². The minimum absolute atomic E-state index is 0.123. The smallest absolute Gasteiger partial charge is 0.415 e. The third-order valence-corrected chi connectivity index (χ3v) is 7.08. The first kappa shape index (κ1) is 25.1. The summed E-state index contributed by atoms with van der Waals surface area (Å²) in [5.41, 5.74) is 2.77. The molecule has 0 radical (unpaired) electrons. The Hall–Kier alpha value is -4.25. The lowest BCUT2D eigenvalue weighted by Crippen LogP contribution is -2.30. The molecule has 3 atom stereocenters. The highest BCUT2D eigenvalue weighted by Gasteiger charge is 2.35. The Balaban J connectivity index is 0.967. The van der Waals surface area contributed by atoms with Crippen LogP contribution in [-0.2, 0) is 22.6 Å². The number of nitrogens with one attached hydrogen (secondary N) is 2. The van der Waals surface area contributed by atoms with E-state index in [1.807, 2.05) is 48.5 Å². The summed E-state index contributed by atoms with van der Waals surface area (Å²) in [7, 11) is 0. The van der Waals surface area contributed by atoms with Gasteiger partial charge in [-0.15, -0.1) is 0 Å².